The van der Waals surface area contributed by atoms with Gasteiger partial charge in [0.1, 0.15) is 0 Å². The summed E-state index contributed by atoms with van der Waals surface area (Å²) in [5.41, 5.74) is 0.751. The van der Waals surface area contributed by atoms with Gasteiger partial charge in [-0.05, 0) is 19.1 Å². The summed E-state index contributed by atoms with van der Waals surface area (Å²) in [5.74, 6) is 4.28. The molecule has 1 aromatic rings. The van der Waals surface area contributed by atoms with E-state index in [-0.39, 0.29) is 5.56 Å². The highest BCUT2D eigenvalue weighted by atomic mass is 35.5. The second-order valence-corrected chi connectivity index (χ2v) is 3.15. The second-order valence-electron chi connectivity index (χ2n) is 2.77. The van der Waals surface area contributed by atoms with Gasteiger partial charge in [-0.2, -0.15) is 0 Å². The number of halogens is 3. The Morgan fingerprint density at radius 3 is 2.71 bits per heavy atom. The molecule has 0 aliphatic carbocycles. The Morgan fingerprint density at radius 1 is 1.36 bits per heavy atom. The van der Waals surface area contributed by atoms with Crippen molar-refractivity contribution in [1.29, 1.82) is 0 Å². The molecule has 0 fully saturated rings. The monoisotopic (exact) mass is 214 g/mol. The molecule has 0 radical (unpaired) electrons. The van der Waals surface area contributed by atoms with E-state index in [2.05, 4.69) is 11.8 Å². The van der Waals surface area contributed by atoms with Crippen molar-refractivity contribution < 1.29 is 8.78 Å². The van der Waals surface area contributed by atoms with E-state index in [4.69, 9.17) is 11.6 Å². The van der Waals surface area contributed by atoms with Gasteiger partial charge in [0.05, 0.1) is 0 Å². The molecule has 0 spiro atoms. The van der Waals surface area contributed by atoms with E-state index >= 15 is 0 Å². The molecule has 0 aliphatic rings. The first-order chi connectivity index (χ1) is 6.66. The molecule has 3 heteroatoms. The molecular weight excluding hydrogens is 206 g/mol. The molecule has 0 bridgehead atoms. The van der Waals surface area contributed by atoms with Gasteiger partial charge in [-0.1, -0.05) is 11.8 Å². The smallest absolute Gasteiger partial charge is 0.162 e. The fraction of sp³-hybridized carbons (Fsp3) is 0.273. The predicted octanol–water partition coefficient (Wildman–Crippen LogP) is 3.25. The third-order valence-electron chi connectivity index (χ3n) is 1.78. The summed E-state index contributed by atoms with van der Waals surface area (Å²) in [4.78, 5) is 0. The normalized spacial score (nSPS) is 9.43. The minimum atomic E-state index is -0.842. The summed E-state index contributed by atoms with van der Waals surface area (Å²) in [6, 6.07) is 2.54. The Hall–Kier alpha value is -1.07. The summed E-state index contributed by atoms with van der Waals surface area (Å²) < 4.78 is 25.7. The van der Waals surface area contributed by atoms with Crippen molar-refractivity contribution in [1.82, 2.24) is 0 Å². The molecule has 0 nitrogen and oxygen atoms in total. The Labute approximate surface area is 86.9 Å². The topological polar surface area (TPSA) is 0 Å². The van der Waals surface area contributed by atoms with Crippen LogP contribution in [0.5, 0.6) is 0 Å². The van der Waals surface area contributed by atoms with Gasteiger partial charge in [0.25, 0.3) is 0 Å². The lowest BCUT2D eigenvalue weighted by Gasteiger charge is -2.00. The van der Waals surface area contributed by atoms with Crippen LogP contribution in [0.25, 0.3) is 0 Å². The number of hydrogen-bond donors (Lipinski definition) is 0. The maximum atomic E-state index is 13.0. The summed E-state index contributed by atoms with van der Waals surface area (Å²) in [6.45, 7) is 1.50. The molecule has 0 saturated heterocycles. The van der Waals surface area contributed by atoms with Gasteiger partial charge in [-0.25, -0.2) is 8.78 Å². The standard InChI is InChI=1S/C11H9ClF2/c1-8-9(4-2-3-7-12)5-6-10(13)11(8)14/h5-6H,3,7H2,1H3. The van der Waals surface area contributed by atoms with E-state index in [0.29, 0.717) is 17.9 Å². The van der Waals surface area contributed by atoms with Crippen LogP contribution in [0.15, 0.2) is 12.1 Å². The van der Waals surface area contributed by atoms with E-state index in [1.54, 1.807) is 0 Å². The molecule has 1 aromatic carbocycles. The van der Waals surface area contributed by atoms with Crippen molar-refractivity contribution >= 4 is 11.6 Å². The molecular formula is C11H9ClF2. The third-order valence-corrected chi connectivity index (χ3v) is 1.97. The van der Waals surface area contributed by atoms with Gasteiger partial charge < -0.3 is 0 Å². The van der Waals surface area contributed by atoms with Crippen LogP contribution in [0.3, 0.4) is 0 Å². The average molecular weight is 215 g/mol. The molecule has 0 amide bonds. The van der Waals surface area contributed by atoms with Gasteiger partial charge in [-0.3, -0.25) is 0 Å². The molecule has 0 aliphatic heterocycles. The van der Waals surface area contributed by atoms with Crippen molar-refractivity contribution in [2.45, 2.75) is 13.3 Å². The molecule has 0 unspecified atom stereocenters. The lowest BCUT2D eigenvalue weighted by molar-refractivity contribution is 0.502. The number of hydrogen-bond acceptors (Lipinski definition) is 0. The molecule has 0 heterocycles. The maximum Gasteiger partial charge on any atom is 0.162 e. The fourth-order valence-electron chi connectivity index (χ4n) is 0.992. The van der Waals surface area contributed by atoms with Crippen molar-refractivity contribution in [3.8, 4) is 11.8 Å². The van der Waals surface area contributed by atoms with Gasteiger partial charge in [0, 0.05) is 23.4 Å². The molecule has 1 rings (SSSR count). The molecule has 14 heavy (non-hydrogen) atoms. The quantitative estimate of drug-likeness (QED) is 0.497. The highest BCUT2D eigenvalue weighted by molar-refractivity contribution is 6.18. The Kier molecular flexibility index (Phi) is 3.91. The van der Waals surface area contributed by atoms with Crippen LogP contribution >= 0.6 is 11.6 Å². The highest BCUT2D eigenvalue weighted by Gasteiger charge is 2.07. The zero-order valence-corrected chi connectivity index (χ0v) is 8.46. The second kappa shape index (κ2) is 4.97. The largest absolute Gasteiger partial charge is 0.204 e. The van der Waals surface area contributed by atoms with Crippen LogP contribution < -0.4 is 0 Å². The van der Waals surface area contributed by atoms with Gasteiger partial charge >= 0.3 is 0 Å². The average Bonchev–Trinajstić information content (AvgIpc) is 2.18. The SMILES string of the molecule is Cc1c(C#CCCCl)ccc(F)c1F. The molecule has 0 N–H and O–H groups in total. The molecule has 0 saturated carbocycles. The van der Waals surface area contributed by atoms with E-state index in [1.165, 1.54) is 13.0 Å². The molecule has 0 aromatic heterocycles. The van der Waals surface area contributed by atoms with Crippen molar-refractivity contribution in [2.24, 2.45) is 0 Å². The van der Waals surface area contributed by atoms with Crippen LogP contribution in [0, 0.1) is 30.4 Å². The highest BCUT2D eigenvalue weighted by Crippen LogP contribution is 2.14. The first-order valence-corrected chi connectivity index (χ1v) is 4.69. The zero-order chi connectivity index (χ0) is 10.6. The minimum absolute atomic E-state index is 0.243. The zero-order valence-electron chi connectivity index (χ0n) is 7.70. The van der Waals surface area contributed by atoms with E-state index in [9.17, 15) is 8.78 Å². The van der Waals surface area contributed by atoms with E-state index < -0.39 is 11.6 Å². The summed E-state index contributed by atoms with van der Waals surface area (Å²) in [6.07, 6.45) is 0.542. The first kappa shape index (κ1) is 11.0. The fourth-order valence-corrected chi connectivity index (χ4v) is 1.09. The van der Waals surface area contributed by atoms with Crippen LogP contribution in [0.2, 0.25) is 0 Å². The van der Waals surface area contributed by atoms with Crippen LogP contribution in [0.4, 0.5) is 8.78 Å². The van der Waals surface area contributed by atoms with E-state index in [1.807, 2.05) is 0 Å². The Balaban J connectivity index is 3.02. The van der Waals surface area contributed by atoms with Gasteiger partial charge in [-0.15, -0.1) is 11.6 Å². The summed E-state index contributed by atoms with van der Waals surface area (Å²) in [7, 11) is 0. The van der Waals surface area contributed by atoms with Gasteiger partial charge in [0.15, 0.2) is 11.6 Å². The van der Waals surface area contributed by atoms with Crippen molar-refractivity contribution in [3.63, 3.8) is 0 Å². The maximum absolute atomic E-state index is 13.0. The molecule has 74 valence electrons. The van der Waals surface area contributed by atoms with Crippen LogP contribution in [-0.4, -0.2) is 5.88 Å². The summed E-state index contributed by atoms with van der Waals surface area (Å²) >= 11 is 5.43. The number of rotatable bonds is 1. The van der Waals surface area contributed by atoms with E-state index in [0.717, 1.165) is 6.07 Å². The Morgan fingerprint density at radius 2 is 2.07 bits per heavy atom. The Bertz CT molecular complexity index is 388. The lowest BCUT2D eigenvalue weighted by Crippen LogP contribution is -1.92. The number of benzene rings is 1. The van der Waals surface area contributed by atoms with Crippen molar-refractivity contribution in [3.05, 3.63) is 34.9 Å². The lowest BCUT2D eigenvalue weighted by atomic mass is 10.1. The number of alkyl halides is 1. The van der Waals surface area contributed by atoms with Crippen LogP contribution in [-0.2, 0) is 0 Å². The van der Waals surface area contributed by atoms with Crippen LogP contribution in [0.1, 0.15) is 17.5 Å². The predicted molar refractivity (Wildman–Crippen MR) is 53.3 cm³/mol. The van der Waals surface area contributed by atoms with Crippen molar-refractivity contribution in [2.75, 3.05) is 5.88 Å². The summed E-state index contributed by atoms with van der Waals surface area (Å²) in [5, 5.41) is 0. The first-order valence-electron chi connectivity index (χ1n) is 4.16. The van der Waals surface area contributed by atoms with Gasteiger partial charge in [0.2, 0.25) is 0 Å². The molecule has 0 atom stereocenters. The third kappa shape index (κ3) is 2.46. The minimum Gasteiger partial charge on any atom is -0.204 e.